The average Bonchev–Trinajstić information content (AvgIpc) is 2.25. The molecule has 88 valence electrons. The van der Waals surface area contributed by atoms with Crippen molar-refractivity contribution in [3.05, 3.63) is 0 Å². The lowest BCUT2D eigenvalue weighted by Crippen LogP contribution is -2.28. The Morgan fingerprint density at radius 2 is 2.00 bits per heavy atom. The molecule has 0 bridgehead atoms. The molecule has 0 aliphatic heterocycles. The molecule has 3 nitrogen and oxygen atoms in total. The van der Waals surface area contributed by atoms with Crippen molar-refractivity contribution < 1.29 is 14.3 Å². The SMILES string of the molecule is CCOCCOC(=O)C1CCCCC1C. The fourth-order valence-corrected chi connectivity index (χ4v) is 2.12. The van der Waals surface area contributed by atoms with Crippen molar-refractivity contribution in [1.82, 2.24) is 0 Å². The fourth-order valence-electron chi connectivity index (χ4n) is 2.12. The molecule has 0 N–H and O–H groups in total. The Bertz CT molecular complexity index is 191. The summed E-state index contributed by atoms with van der Waals surface area (Å²) in [4.78, 5) is 11.7. The van der Waals surface area contributed by atoms with Gasteiger partial charge in [0.2, 0.25) is 0 Å². The first-order valence-corrected chi connectivity index (χ1v) is 6.00. The van der Waals surface area contributed by atoms with E-state index in [4.69, 9.17) is 9.47 Å². The van der Waals surface area contributed by atoms with E-state index in [9.17, 15) is 4.79 Å². The zero-order chi connectivity index (χ0) is 11.1. The molecule has 0 spiro atoms. The van der Waals surface area contributed by atoms with Crippen LogP contribution in [0, 0.1) is 11.8 Å². The average molecular weight is 214 g/mol. The van der Waals surface area contributed by atoms with Crippen LogP contribution in [0.1, 0.15) is 39.5 Å². The Hall–Kier alpha value is -0.570. The van der Waals surface area contributed by atoms with Crippen molar-refractivity contribution in [2.24, 2.45) is 11.8 Å². The van der Waals surface area contributed by atoms with Crippen molar-refractivity contribution in [2.45, 2.75) is 39.5 Å². The number of esters is 1. The second-order valence-electron chi connectivity index (χ2n) is 4.23. The molecule has 1 saturated carbocycles. The maximum absolute atomic E-state index is 11.7. The molecule has 0 heterocycles. The Labute approximate surface area is 92.1 Å². The molecule has 0 saturated heterocycles. The first-order chi connectivity index (χ1) is 7.25. The van der Waals surface area contributed by atoms with Crippen LogP contribution in [0.15, 0.2) is 0 Å². The summed E-state index contributed by atoms with van der Waals surface area (Å²) in [5, 5.41) is 0. The molecule has 0 radical (unpaired) electrons. The van der Waals surface area contributed by atoms with Crippen molar-refractivity contribution in [1.29, 1.82) is 0 Å². The molecule has 3 heteroatoms. The minimum absolute atomic E-state index is 0.0260. The summed E-state index contributed by atoms with van der Waals surface area (Å²) >= 11 is 0. The van der Waals surface area contributed by atoms with Crippen LogP contribution in [0.3, 0.4) is 0 Å². The maximum Gasteiger partial charge on any atom is 0.309 e. The van der Waals surface area contributed by atoms with Gasteiger partial charge in [-0.05, 0) is 25.7 Å². The fraction of sp³-hybridized carbons (Fsp3) is 0.917. The smallest absolute Gasteiger partial charge is 0.309 e. The van der Waals surface area contributed by atoms with Crippen molar-refractivity contribution in [3.8, 4) is 0 Å². The molecule has 0 aromatic rings. The van der Waals surface area contributed by atoms with Gasteiger partial charge < -0.3 is 9.47 Å². The standard InChI is InChI=1S/C12H22O3/c1-3-14-8-9-15-12(13)11-7-5-4-6-10(11)2/h10-11H,3-9H2,1-2H3. The van der Waals surface area contributed by atoms with Crippen LogP contribution in [0.2, 0.25) is 0 Å². The van der Waals surface area contributed by atoms with Gasteiger partial charge in [-0.3, -0.25) is 4.79 Å². The highest BCUT2D eigenvalue weighted by atomic mass is 16.6. The highest BCUT2D eigenvalue weighted by Gasteiger charge is 2.28. The zero-order valence-electron chi connectivity index (χ0n) is 9.83. The van der Waals surface area contributed by atoms with Gasteiger partial charge in [-0.15, -0.1) is 0 Å². The predicted octanol–water partition coefficient (Wildman–Crippen LogP) is 2.39. The van der Waals surface area contributed by atoms with Gasteiger partial charge in [0.15, 0.2) is 0 Å². The van der Waals surface area contributed by atoms with Crippen LogP contribution in [-0.2, 0) is 14.3 Å². The lowest BCUT2D eigenvalue weighted by atomic mass is 9.80. The number of ether oxygens (including phenoxy) is 2. The molecule has 1 rings (SSSR count). The second kappa shape index (κ2) is 6.83. The maximum atomic E-state index is 11.7. The Kier molecular flexibility index (Phi) is 5.69. The quantitative estimate of drug-likeness (QED) is 0.520. The molecule has 0 amide bonds. The summed E-state index contributed by atoms with van der Waals surface area (Å²) in [6, 6.07) is 0. The summed E-state index contributed by atoms with van der Waals surface area (Å²) in [7, 11) is 0. The van der Waals surface area contributed by atoms with Gasteiger partial charge in [-0.2, -0.15) is 0 Å². The molecular weight excluding hydrogens is 192 g/mol. The van der Waals surface area contributed by atoms with E-state index >= 15 is 0 Å². The van der Waals surface area contributed by atoms with Crippen LogP contribution in [-0.4, -0.2) is 25.8 Å². The van der Waals surface area contributed by atoms with E-state index in [1.54, 1.807) is 0 Å². The van der Waals surface area contributed by atoms with Crippen LogP contribution >= 0.6 is 0 Å². The number of hydrogen-bond donors (Lipinski definition) is 0. The number of carbonyl (C=O) groups excluding carboxylic acids is 1. The summed E-state index contributed by atoms with van der Waals surface area (Å²) in [6.07, 6.45) is 4.57. The van der Waals surface area contributed by atoms with Crippen molar-refractivity contribution in [3.63, 3.8) is 0 Å². The zero-order valence-corrected chi connectivity index (χ0v) is 9.83. The highest BCUT2D eigenvalue weighted by molar-refractivity contribution is 5.72. The van der Waals surface area contributed by atoms with Gasteiger partial charge in [0, 0.05) is 6.61 Å². The summed E-state index contributed by atoms with van der Waals surface area (Å²) in [5.41, 5.74) is 0. The van der Waals surface area contributed by atoms with Gasteiger partial charge in [-0.25, -0.2) is 0 Å². The molecule has 1 fully saturated rings. The minimum Gasteiger partial charge on any atom is -0.463 e. The van der Waals surface area contributed by atoms with Crippen molar-refractivity contribution >= 4 is 5.97 Å². The lowest BCUT2D eigenvalue weighted by molar-refractivity contribution is -0.153. The number of rotatable bonds is 5. The van der Waals surface area contributed by atoms with E-state index in [0.29, 0.717) is 25.7 Å². The third-order valence-electron chi connectivity index (χ3n) is 3.09. The second-order valence-corrected chi connectivity index (χ2v) is 4.23. The summed E-state index contributed by atoms with van der Waals surface area (Å²) < 4.78 is 10.3. The van der Waals surface area contributed by atoms with Gasteiger partial charge in [0.25, 0.3) is 0 Å². The molecule has 1 aliphatic carbocycles. The molecule has 0 aromatic heterocycles. The first kappa shape index (κ1) is 12.5. The predicted molar refractivity (Wildman–Crippen MR) is 58.6 cm³/mol. The normalized spacial score (nSPS) is 26.3. The molecular formula is C12H22O3. The Balaban J connectivity index is 2.20. The van der Waals surface area contributed by atoms with Crippen LogP contribution in [0.25, 0.3) is 0 Å². The van der Waals surface area contributed by atoms with E-state index in [2.05, 4.69) is 6.92 Å². The number of hydrogen-bond acceptors (Lipinski definition) is 3. The first-order valence-electron chi connectivity index (χ1n) is 6.00. The van der Waals surface area contributed by atoms with Crippen molar-refractivity contribution in [2.75, 3.05) is 19.8 Å². The number of carbonyl (C=O) groups is 1. The van der Waals surface area contributed by atoms with Crippen LogP contribution in [0.5, 0.6) is 0 Å². The summed E-state index contributed by atoms with van der Waals surface area (Å²) in [5.74, 6) is 0.584. The van der Waals surface area contributed by atoms with Gasteiger partial charge >= 0.3 is 5.97 Å². The van der Waals surface area contributed by atoms with E-state index in [0.717, 1.165) is 19.3 Å². The van der Waals surface area contributed by atoms with Gasteiger partial charge in [-0.1, -0.05) is 19.8 Å². The highest BCUT2D eigenvalue weighted by Crippen LogP contribution is 2.30. The van der Waals surface area contributed by atoms with E-state index in [1.165, 1.54) is 6.42 Å². The van der Waals surface area contributed by atoms with E-state index in [-0.39, 0.29) is 11.9 Å². The third-order valence-corrected chi connectivity index (χ3v) is 3.09. The third kappa shape index (κ3) is 4.20. The molecule has 0 aromatic carbocycles. The van der Waals surface area contributed by atoms with Crippen LogP contribution in [0.4, 0.5) is 0 Å². The van der Waals surface area contributed by atoms with E-state index in [1.807, 2.05) is 6.92 Å². The minimum atomic E-state index is -0.0260. The lowest BCUT2D eigenvalue weighted by Gasteiger charge is -2.26. The van der Waals surface area contributed by atoms with Crippen LogP contribution < -0.4 is 0 Å². The molecule has 15 heavy (non-hydrogen) atoms. The largest absolute Gasteiger partial charge is 0.463 e. The monoisotopic (exact) mass is 214 g/mol. The Morgan fingerprint density at radius 3 is 2.67 bits per heavy atom. The summed E-state index contributed by atoms with van der Waals surface area (Å²) in [6.45, 7) is 5.68. The molecule has 2 atom stereocenters. The van der Waals surface area contributed by atoms with E-state index < -0.39 is 0 Å². The molecule has 2 unspecified atom stereocenters. The Morgan fingerprint density at radius 1 is 1.27 bits per heavy atom. The topological polar surface area (TPSA) is 35.5 Å². The van der Waals surface area contributed by atoms with Gasteiger partial charge in [0.05, 0.1) is 12.5 Å². The van der Waals surface area contributed by atoms with Gasteiger partial charge in [0.1, 0.15) is 6.61 Å². The molecule has 1 aliphatic rings.